The van der Waals surface area contributed by atoms with Crippen LogP contribution in [0.2, 0.25) is 0 Å². The van der Waals surface area contributed by atoms with Gasteiger partial charge in [-0.3, -0.25) is 4.79 Å². The van der Waals surface area contributed by atoms with Crippen LogP contribution >= 0.6 is 11.8 Å². The van der Waals surface area contributed by atoms with E-state index in [2.05, 4.69) is 10.6 Å². The van der Waals surface area contributed by atoms with Crippen molar-refractivity contribution in [3.8, 4) is 0 Å². The van der Waals surface area contributed by atoms with Gasteiger partial charge >= 0.3 is 0 Å². The number of hydrogen-bond donors (Lipinski definition) is 2. The molecule has 110 valence electrons. The van der Waals surface area contributed by atoms with Gasteiger partial charge in [-0.05, 0) is 38.8 Å². The number of piperidine rings is 1. The van der Waals surface area contributed by atoms with Gasteiger partial charge in [0.05, 0.1) is 18.5 Å². The van der Waals surface area contributed by atoms with Gasteiger partial charge in [0.1, 0.15) is 0 Å². The number of amides is 1. The molecule has 1 saturated heterocycles. The van der Waals surface area contributed by atoms with E-state index < -0.39 is 0 Å². The van der Waals surface area contributed by atoms with Crippen molar-refractivity contribution in [2.45, 2.75) is 49.9 Å². The van der Waals surface area contributed by atoms with E-state index in [1.54, 1.807) is 11.8 Å². The number of hydrogen-bond acceptors (Lipinski definition) is 4. The normalized spacial score (nSPS) is 21.7. The number of nitrogens with one attached hydrogen (secondary N) is 2. The predicted molar refractivity (Wildman–Crippen MR) is 79.6 cm³/mol. The third-order valence-corrected chi connectivity index (χ3v) is 5.19. The Hall–Kier alpha value is -0.260. The Bertz CT molecular complexity index is 264. The Morgan fingerprint density at radius 1 is 1.21 bits per heavy atom. The van der Waals surface area contributed by atoms with E-state index in [1.807, 2.05) is 0 Å². The third-order valence-electron chi connectivity index (χ3n) is 3.82. The molecule has 0 radical (unpaired) electrons. The molecule has 1 aliphatic heterocycles. The van der Waals surface area contributed by atoms with Gasteiger partial charge in [-0.1, -0.05) is 12.8 Å². The van der Waals surface area contributed by atoms with Crippen molar-refractivity contribution in [3.63, 3.8) is 0 Å². The molecule has 19 heavy (non-hydrogen) atoms. The zero-order valence-corrected chi connectivity index (χ0v) is 12.5. The molecule has 2 rings (SSSR count). The fourth-order valence-electron chi connectivity index (χ4n) is 2.68. The van der Waals surface area contributed by atoms with Crippen LogP contribution in [0.25, 0.3) is 0 Å². The van der Waals surface area contributed by atoms with E-state index >= 15 is 0 Å². The quantitative estimate of drug-likeness (QED) is 0.697. The molecule has 2 aliphatic rings. The van der Waals surface area contributed by atoms with Crippen LogP contribution in [0.3, 0.4) is 0 Å². The summed E-state index contributed by atoms with van der Waals surface area (Å²) in [6.07, 6.45) is 7.79. The van der Waals surface area contributed by atoms with E-state index in [-0.39, 0.29) is 5.91 Å². The van der Waals surface area contributed by atoms with Crippen LogP contribution in [0.1, 0.15) is 38.5 Å². The summed E-state index contributed by atoms with van der Waals surface area (Å²) in [5.41, 5.74) is 0. The fourth-order valence-corrected chi connectivity index (χ4v) is 3.74. The molecular weight excluding hydrogens is 260 g/mol. The molecular formula is C14H26N2O2S. The molecule has 0 unspecified atom stereocenters. The van der Waals surface area contributed by atoms with Gasteiger partial charge in [0.2, 0.25) is 5.91 Å². The SMILES string of the molecule is O=C(CSC1CCNCC1)NCCOC1CCCC1. The molecule has 0 aromatic carbocycles. The fraction of sp³-hybridized carbons (Fsp3) is 0.929. The Morgan fingerprint density at radius 2 is 1.95 bits per heavy atom. The van der Waals surface area contributed by atoms with Crippen molar-refractivity contribution in [1.82, 2.24) is 10.6 Å². The molecule has 2 N–H and O–H groups in total. The molecule has 0 aromatic heterocycles. The first-order valence-electron chi connectivity index (χ1n) is 7.55. The van der Waals surface area contributed by atoms with Crippen molar-refractivity contribution in [3.05, 3.63) is 0 Å². The summed E-state index contributed by atoms with van der Waals surface area (Å²) in [6.45, 7) is 3.50. The smallest absolute Gasteiger partial charge is 0.230 e. The number of rotatable bonds is 7. The summed E-state index contributed by atoms with van der Waals surface area (Å²) in [7, 11) is 0. The average Bonchev–Trinajstić information content (AvgIpc) is 2.96. The van der Waals surface area contributed by atoms with Crippen LogP contribution in [0.5, 0.6) is 0 Å². The summed E-state index contributed by atoms with van der Waals surface area (Å²) in [5, 5.41) is 6.94. The molecule has 0 aromatic rings. The summed E-state index contributed by atoms with van der Waals surface area (Å²) in [6, 6.07) is 0. The summed E-state index contributed by atoms with van der Waals surface area (Å²) in [5.74, 6) is 0.743. The summed E-state index contributed by atoms with van der Waals surface area (Å²) >= 11 is 1.80. The van der Waals surface area contributed by atoms with Gasteiger partial charge in [0.25, 0.3) is 0 Å². The van der Waals surface area contributed by atoms with Crippen LogP contribution in [-0.4, -0.2) is 49.3 Å². The Morgan fingerprint density at radius 3 is 2.68 bits per heavy atom. The highest BCUT2D eigenvalue weighted by atomic mass is 32.2. The monoisotopic (exact) mass is 286 g/mol. The number of thioether (sulfide) groups is 1. The highest BCUT2D eigenvalue weighted by Crippen LogP contribution is 2.21. The molecule has 4 nitrogen and oxygen atoms in total. The van der Waals surface area contributed by atoms with E-state index in [0.29, 0.717) is 30.3 Å². The minimum atomic E-state index is 0.151. The van der Waals surface area contributed by atoms with Gasteiger partial charge in [-0.25, -0.2) is 0 Å². The van der Waals surface area contributed by atoms with Crippen molar-refractivity contribution >= 4 is 17.7 Å². The summed E-state index contributed by atoms with van der Waals surface area (Å²) < 4.78 is 5.72. The topological polar surface area (TPSA) is 50.4 Å². The lowest BCUT2D eigenvalue weighted by Gasteiger charge is -2.21. The lowest BCUT2D eigenvalue weighted by atomic mass is 10.2. The van der Waals surface area contributed by atoms with Crippen LogP contribution < -0.4 is 10.6 Å². The Labute approximate surface area is 120 Å². The number of ether oxygens (including phenoxy) is 1. The van der Waals surface area contributed by atoms with Crippen molar-refractivity contribution in [2.75, 3.05) is 32.0 Å². The van der Waals surface area contributed by atoms with Crippen molar-refractivity contribution in [1.29, 1.82) is 0 Å². The van der Waals surface area contributed by atoms with Gasteiger partial charge in [-0.15, -0.1) is 11.8 Å². The van der Waals surface area contributed by atoms with Gasteiger partial charge in [0.15, 0.2) is 0 Å². The second kappa shape index (κ2) is 8.82. The van der Waals surface area contributed by atoms with Crippen LogP contribution in [0.4, 0.5) is 0 Å². The van der Waals surface area contributed by atoms with E-state index in [0.717, 1.165) is 13.1 Å². The van der Waals surface area contributed by atoms with Gasteiger partial charge in [-0.2, -0.15) is 0 Å². The first-order chi connectivity index (χ1) is 9.34. The first kappa shape index (κ1) is 15.1. The Balaban J connectivity index is 1.45. The van der Waals surface area contributed by atoms with Crippen molar-refractivity contribution < 1.29 is 9.53 Å². The maximum absolute atomic E-state index is 11.7. The second-order valence-corrected chi connectivity index (χ2v) is 6.68. The van der Waals surface area contributed by atoms with Crippen molar-refractivity contribution in [2.24, 2.45) is 0 Å². The first-order valence-corrected chi connectivity index (χ1v) is 8.60. The van der Waals surface area contributed by atoms with Gasteiger partial charge < -0.3 is 15.4 Å². The molecule has 1 aliphatic carbocycles. The minimum absolute atomic E-state index is 0.151. The van der Waals surface area contributed by atoms with Gasteiger partial charge in [0, 0.05) is 11.8 Å². The Kier molecular flexibility index (Phi) is 7.03. The van der Waals surface area contributed by atoms with Crippen LogP contribution in [0.15, 0.2) is 0 Å². The van der Waals surface area contributed by atoms with E-state index in [4.69, 9.17) is 4.74 Å². The lowest BCUT2D eigenvalue weighted by Crippen LogP contribution is -2.32. The molecule has 0 spiro atoms. The molecule has 1 heterocycles. The maximum atomic E-state index is 11.7. The lowest BCUT2D eigenvalue weighted by molar-refractivity contribution is -0.118. The molecule has 2 fully saturated rings. The van der Waals surface area contributed by atoms with E-state index in [9.17, 15) is 4.79 Å². The minimum Gasteiger partial charge on any atom is -0.376 e. The standard InChI is InChI=1S/C14H26N2O2S/c17-14(11-19-13-5-7-15-8-6-13)16-9-10-18-12-3-1-2-4-12/h12-13,15H,1-11H2,(H,16,17). The predicted octanol–water partition coefficient (Wildman–Crippen LogP) is 1.55. The number of carbonyl (C=O) groups excluding carboxylic acids is 1. The zero-order chi connectivity index (χ0) is 13.3. The van der Waals surface area contributed by atoms with Crippen LogP contribution in [0, 0.1) is 0 Å². The molecule has 0 atom stereocenters. The maximum Gasteiger partial charge on any atom is 0.230 e. The largest absolute Gasteiger partial charge is 0.376 e. The average molecular weight is 286 g/mol. The third kappa shape index (κ3) is 6.15. The molecule has 1 saturated carbocycles. The van der Waals surface area contributed by atoms with Crippen LogP contribution in [-0.2, 0) is 9.53 Å². The summed E-state index contributed by atoms with van der Waals surface area (Å²) in [4.78, 5) is 11.7. The highest BCUT2D eigenvalue weighted by Gasteiger charge is 2.16. The number of carbonyl (C=O) groups is 1. The van der Waals surface area contributed by atoms with E-state index in [1.165, 1.54) is 38.5 Å². The second-order valence-electron chi connectivity index (χ2n) is 5.39. The molecule has 5 heteroatoms. The molecule has 0 bridgehead atoms. The zero-order valence-electron chi connectivity index (χ0n) is 11.7. The molecule has 1 amide bonds. The highest BCUT2D eigenvalue weighted by molar-refractivity contribution is 8.00.